The number of hydrogen-bond donors (Lipinski definition) is 2. The van der Waals surface area contributed by atoms with Gasteiger partial charge in [-0.15, -0.1) is 0 Å². The highest BCUT2D eigenvalue weighted by Crippen LogP contribution is 2.31. The predicted molar refractivity (Wildman–Crippen MR) is 159 cm³/mol. The molecule has 1 aromatic heterocycles. The molecule has 0 saturated carbocycles. The number of nitrogens with one attached hydrogen (secondary N) is 2. The van der Waals surface area contributed by atoms with E-state index in [2.05, 4.69) is 27.1 Å². The number of aromatic nitrogens is 2. The third-order valence-electron chi connectivity index (χ3n) is 5.91. The predicted octanol–water partition coefficient (Wildman–Crippen LogP) is 6.89. The van der Waals surface area contributed by atoms with Gasteiger partial charge in [0.1, 0.15) is 36.1 Å². The molecule has 0 saturated heterocycles. The minimum Gasteiger partial charge on any atom is -0.487 e. The normalized spacial score (nSPS) is 10.2. The van der Waals surface area contributed by atoms with Gasteiger partial charge in [-0.25, -0.2) is 19.3 Å². The number of hydrogen-bond acceptors (Lipinski definition) is 7. The van der Waals surface area contributed by atoms with E-state index >= 15 is 0 Å². The fourth-order valence-electron chi connectivity index (χ4n) is 3.88. The summed E-state index contributed by atoms with van der Waals surface area (Å²) in [6, 6.07) is 25.4. The highest BCUT2D eigenvalue weighted by atomic mass is 35.5. The lowest BCUT2D eigenvalue weighted by molar-refractivity contribution is 0.306. The van der Waals surface area contributed by atoms with E-state index in [4.69, 9.17) is 26.5 Å². The summed E-state index contributed by atoms with van der Waals surface area (Å²) in [4.78, 5) is 9.77. The maximum atomic E-state index is 13.4. The number of para-hydroxylation sites is 1. The van der Waals surface area contributed by atoms with Gasteiger partial charge in [0.05, 0.1) is 17.1 Å². The van der Waals surface area contributed by atoms with Gasteiger partial charge in [-0.2, -0.15) is 5.26 Å². The number of amidine groups is 1. The molecule has 2 N–H and O–H groups in total. The molecule has 0 unspecified atom stereocenters. The molecule has 0 spiro atoms. The molecule has 1 heterocycles. The summed E-state index contributed by atoms with van der Waals surface area (Å²) in [7, 11) is 0. The summed E-state index contributed by atoms with van der Waals surface area (Å²) in [5.41, 5.74) is 2.75. The van der Waals surface area contributed by atoms with Gasteiger partial charge in [-0.3, -0.25) is 5.41 Å². The molecule has 0 radical (unpaired) electrons. The van der Waals surface area contributed by atoms with E-state index in [9.17, 15) is 9.65 Å². The number of fused-ring (bicyclic) bond motifs is 1. The molecular weight excluding hydrogens is 555 g/mol. The highest BCUT2D eigenvalue weighted by molar-refractivity contribution is 6.32. The van der Waals surface area contributed by atoms with E-state index < -0.39 is 0 Å². The molecule has 0 aliphatic rings. The van der Waals surface area contributed by atoms with Gasteiger partial charge in [0.15, 0.2) is 6.19 Å². The number of halogens is 2. The van der Waals surface area contributed by atoms with Crippen molar-refractivity contribution in [3.8, 4) is 29.5 Å². The lowest BCUT2D eigenvalue weighted by atomic mass is 10.1. The summed E-state index contributed by atoms with van der Waals surface area (Å²) in [5.74, 6) is 7.07. The summed E-state index contributed by atoms with van der Waals surface area (Å²) < 4.78 is 24.6. The van der Waals surface area contributed by atoms with Crippen LogP contribution in [0.15, 0.2) is 97.3 Å². The number of nitriles is 1. The Balaban J connectivity index is 1.27. The Hall–Kier alpha value is -5.64. The zero-order valence-corrected chi connectivity index (χ0v) is 22.8. The topological polar surface area (TPSA) is 107 Å². The quantitative estimate of drug-likeness (QED) is 0.0714. The van der Waals surface area contributed by atoms with Gasteiger partial charge < -0.3 is 14.8 Å². The minimum atomic E-state index is -0.328. The molecule has 0 bridgehead atoms. The summed E-state index contributed by atoms with van der Waals surface area (Å²) in [5, 5.41) is 21.9. The van der Waals surface area contributed by atoms with Crippen molar-refractivity contribution < 1.29 is 13.9 Å². The molecule has 0 fully saturated rings. The van der Waals surface area contributed by atoms with Crippen molar-refractivity contribution >= 4 is 40.0 Å². The maximum absolute atomic E-state index is 13.4. The van der Waals surface area contributed by atoms with Crippen molar-refractivity contribution in [2.45, 2.75) is 6.61 Å². The third-order valence-corrected chi connectivity index (χ3v) is 6.20. The molecule has 0 aliphatic heterocycles. The van der Waals surface area contributed by atoms with Gasteiger partial charge in [-0.1, -0.05) is 53.8 Å². The second-order valence-electron chi connectivity index (χ2n) is 8.85. The molecule has 5 aromatic rings. The molecular formula is C32H22ClFN6O2. The van der Waals surface area contributed by atoms with E-state index in [0.29, 0.717) is 44.7 Å². The van der Waals surface area contributed by atoms with Crippen molar-refractivity contribution in [1.82, 2.24) is 14.9 Å². The lowest BCUT2D eigenvalue weighted by Crippen LogP contribution is -2.30. The van der Waals surface area contributed by atoms with Crippen molar-refractivity contribution in [2.24, 2.45) is 0 Å². The molecule has 0 amide bonds. The van der Waals surface area contributed by atoms with Crippen LogP contribution in [-0.4, -0.2) is 27.4 Å². The van der Waals surface area contributed by atoms with E-state index in [1.807, 2.05) is 30.5 Å². The molecule has 0 aliphatic carbocycles. The van der Waals surface area contributed by atoms with Crippen LogP contribution in [0.25, 0.3) is 10.9 Å². The standard InChI is InChI=1S/C32H22ClFN6O2/c33-28-18-25(12-14-30(28)41-19-23-6-4-8-24(34)16-23)39-31-27-17-22(11-13-29(27)37-21-38-31)7-5-15-40(20-35)32(36)42-26-9-2-1-3-10-26/h1-4,6,8-14,16-18,21,36H,15,19H2,(H,37,38,39). The van der Waals surface area contributed by atoms with Gasteiger partial charge in [0.2, 0.25) is 0 Å². The number of rotatable bonds is 7. The number of benzene rings is 4. The minimum absolute atomic E-state index is 0.0251. The SMILES string of the molecule is N#CN(CC#Cc1ccc2ncnc(Nc3ccc(OCc4cccc(F)c4)c(Cl)c3)c2c1)C(=N)Oc1ccccc1. The van der Waals surface area contributed by atoms with E-state index in [0.717, 1.165) is 10.3 Å². The average molecular weight is 577 g/mol. The fourth-order valence-corrected chi connectivity index (χ4v) is 4.12. The molecule has 10 heteroatoms. The zero-order valence-electron chi connectivity index (χ0n) is 22.0. The van der Waals surface area contributed by atoms with Gasteiger partial charge in [0, 0.05) is 16.6 Å². The van der Waals surface area contributed by atoms with Gasteiger partial charge in [0.25, 0.3) is 0 Å². The Labute approximate surface area is 246 Å². The van der Waals surface area contributed by atoms with Crippen LogP contribution in [0.5, 0.6) is 11.5 Å². The van der Waals surface area contributed by atoms with Crippen LogP contribution in [0, 0.1) is 34.5 Å². The maximum Gasteiger partial charge on any atom is 0.304 e. The lowest BCUT2D eigenvalue weighted by Gasteiger charge is -2.13. The van der Waals surface area contributed by atoms with Crippen LogP contribution in [0.1, 0.15) is 11.1 Å². The number of anilines is 2. The molecule has 5 rings (SSSR count). The number of ether oxygens (including phenoxy) is 2. The van der Waals surface area contributed by atoms with Crippen molar-refractivity contribution in [1.29, 1.82) is 10.7 Å². The fraction of sp³-hybridized carbons (Fsp3) is 0.0625. The average Bonchev–Trinajstić information content (AvgIpc) is 2.99. The second kappa shape index (κ2) is 13.1. The Morgan fingerprint density at radius 1 is 1.00 bits per heavy atom. The smallest absolute Gasteiger partial charge is 0.304 e. The first kappa shape index (κ1) is 27.9. The molecule has 42 heavy (non-hydrogen) atoms. The second-order valence-corrected chi connectivity index (χ2v) is 9.26. The van der Waals surface area contributed by atoms with Gasteiger partial charge in [-0.05, 0) is 66.2 Å². The van der Waals surface area contributed by atoms with Crippen LogP contribution < -0.4 is 14.8 Å². The molecule has 0 atom stereocenters. The van der Waals surface area contributed by atoms with Crippen LogP contribution in [-0.2, 0) is 6.61 Å². The van der Waals surface area contributed by atoms with E-state index in [1.54, 1.807) is 54.6 Å². The zero-order chi connectivity index (χ0) is 29.3. The molecule has 206 valence electrons. The van der Waals surface area contributed by atoms with E-state index in [-0.39, 0.29) is 25.0 Å². The summed E-state index contributed by atoms with van der Waals surface area (Å²) in [6.45, 7) is 0.153. The first-order chi connectivity index (χ1) is 20.5. The third kappa shape index (κ3) is 7.11. The molecule has 8 nitrogen and oxygen atoms in total. The van der Waals surface area contributed by atoms with Crippen molar-refractivity contribution in [2.75, 3.05) is 11.9 Å². The Bertz CT molecular complexity index is 1850. The van der Waals surface area contributed by atoms with E-state index in [1.165, 1.54) is 18.5 Å². The van der Waals surface area contributed by atoms with Crippen molar-refractivity contribution in [3.05, 3.63) is 119 Å². The van der Waals surface area contributed by atoms with Crippen LogP contribution >= 0.6 is 11.6 Å². The van der Waals surface area contributed by atoms with Crippen molar-refractivity contribution in [3.63, 3.8) is 0 Å². The summed E-state index contributed by atoms with van der Waals surface area (Å²) >= 11 is 6.46. The molecule has 4 aromatic carbocycles. The van der Waals surface area contributed by atoms with Crippen LogP contribution in [0.3, 0.4) is 0 Å². The first-order valence-electron chi connectivity index (χ1n) is 12.6. The monoisotopic (exact) mass is 576 g/mol. The van der Waals surface area contributed by atoms with Crippen LogP contribution in [0.4, 0.5) is 15.9 Å². The number of nitrogens with zero attached hydrogens (tertiary/aromatic N) is 4. The van der Waals surface area contributed by atoms with Gasteiger partial charge >= 0.3 is 6.02 Å². The summed E-state index contributed by atoms with van der Waals surface area (Å²) in [6.07, 6.45) is 3.37. The Kier molecular flexibility index (Phi) is 8.73. The first-order valence-corrected chi connectivity index (χ1v) is 13.0. The Morgan fingerprint density at radius 3 is 2.64 bits per heavy atom. The highest BCUT2D eigenvalue weighted by Gasteiger charge is 2.11. The van der Waals surface area contributed by atoms with Crippen LogP contribution in [0.2, 0.25) is 5.02 Å². The Morgan fingerprint density at radius 2 is 1.86 bits per heavy atom. The largest absolute Gasteiger partial charge is 0.487 e.